The van der Waals surface area contributed by atoms with Crippen LogP contribution < -0.4 is 5.32 Å². The normalized spacial score (nSPS) is 21.5. The quantitative estimate of drug-likeness (QED) is 0.919. The van der Waals surface area contributed by atoms with E-state index < -0.39 is 0 Å². The zero-order valence-corrected chi connectivity index (χ0v) is 13.5. The van der Waals surface area contributed by atoms with Crippen molar-refractivity contribution in [1.29, 1.82) is 0 Å². The van der Waals surface area contributed by atoms with Crippen molar-refractivity contribution in [2.75, 3.05) is 13.6 Å². The second-order valence-corrected chi connectivity index (χ2v) is 5.86. The van der Waals surface area contributed by atoms with Crippen LogP contribution in [0.3, 0.4) is 0 Å². The molecule has 1 aromatic carbocycles. The van der Waals surface area contributed by atoms with Gasteiger partial charge in [-0.25, -0.2) is 0 Å². The van der Waals surface area contributed by atoms with Gasteiger partial charge in [0.05, 0.1) is 11.7 Å². The smallest absolute Gasteiger partial charge is 0.224 e. The molecule has 0 bridgehead atoms. The van der Waals surface area contributed by atoms with Crippen molar-refractivity contribution in [3.63, 3.8) is 0 Å². The number of nitrogens with zero attached hydrogens (tertiary/aromatic N) is 3. The molecule has 120 valence electrons. The predicted molar refractivity (Wildman–Crippen MR) is 90.6 cm³/mol. The summed E-state index contributed by atoms with van der Waals surface area (Å²) in [5.41, 5.74) is 2.24. The van der Waals surface area contributed by atoms with Gasteiger partial charge < -0.3 is 10.2 Å². The lowest BCUT2D eigenvalue weighted by Crippen LogP contribution is -2.36. The summed E-state index contributed by atoms with van der Waals surface area (Å²) in [5, 5.41) is 7.72. The first-order valence-corrected chi connectivity index (χ1v) is 7.85. The van der Waals surface area contributed by atoms with Gasteiger partial charge in [-0.15, -0.1) is 0 Å². The molecule has 0 spiro atoms. The van der Waals surface area contributed by atoms with Gasteiger partial charge in [-0.05, 0) is 11.6 Å². The van der Waals surface area contributed by atoms with Gasteiger partial charge >= 0.3 is 0 Å². The number of hydrogen-bond acceptors (Lipinski definition) is 3. The minimum Gasteiger partial charge on any atom is -0.336 e. The van der Waals surface area contributed by atoms with Crippen LogP contribution in [0.4, 0.5) is 0 Å². The van der Waals surface area contributed by atoms with Crippen molar-refractivity contribution < 1.29 is 4.79 Å². The summed E-state index contributed by atoms with van der Waals surface area (Å²) >= 11 is 0. The maximum absolute atomic E-state index is 12.1. The molecule has 1 aromatic heterocycles. The Hall–Kier alpha value is -2.40. The van der Waals surface area contributed by atoms with Crippen LogP contribution in [-0.2, 0) is 11.8 Å². The third kappa shape index (κ3) is 3.35. The number of rotatable bonds is 5. The third-order valence-electron chi connectivity index (χ3n) is 4.36. The Kier molecular flexibility index (Phi) is 4.57. The van der Waals surface area contributed by atoms with Crippen molar-refractivity contribution in [2.24, 2.45) is 7.05 Å². The highest BCUT2D eigenvalue weighted by molar-refractivity contribution is 5.80. The molecule has 3 rings (SSSR count). The van der Waals surface area contributed by atoms with Gasteiger partial charge in [0.1, 0.15) is 0 Å². The van der Waals surface area contributed by atoms with E-state index in [0.717, 1.165) is 12.2 Å². The Labute approximate surface area is 136 Å². The number of carbonyl (C=O) groups is 1. The van der Waals surface area contributed by atoms with Crippen molar-refractivity contribution >= 4 is 12.0 Å². The van der Waals surface area contributed by atoms with Crippen molar-refractivity contribution in [2.45, 2.75) is 18.5 Å². The first kappa shape index (κ1) is 15.5. The summed E-state index contributed by atoms with van der Waals surface area (Å²) in [5.74, 6) is 0.167. The molecule has 0 radical (unpaired) electrons. The van der Waals surface area contributed by atoms with E-state index in [4.69, 9.17) is 0 Å². The SMILES string of the molecule is CN1C(=O)C[C@@H](NC/C=C/c2ccccc2)[C@@H]1c1ccnn1C. The Balaban J connectivity index is 1.65. The van der Waals surface area contributed by atoms with Gasteiger partial charge in [-0.1, -0.05) is 42.5 Å². The number of likely N-dealkylation sites (N-methyl/N-ethyl adjacent to an activating group) is 1. The fraction of sp³-hybridized carbons (Fsp3) is 0.333. The lowest BCUT2D eigenvalue weighted by molar-refractivity contribution is -0.127. The molecule has 1 fully saturated rings. The van der Waals surface area contributed by atoms with Crippen molar-refractivity contribution in [1.82, 2.24) is 20.0 Å². The molecule has 2 aromatic rings. The molecule has 0 unspecified atom stereocenters. The minimum absolute atomic E-state index is 0.0279. The lowest BCUT2D eigenvalue weighted by atomic mass is 10.1. The molecule has 1 saturated heterocycles. The lowest BCUT2D eigenvalue weighted by Gasteiger charge is -2.25. The van der Waals surface area contributed by atoms with Crippen molar-refractivity contribution in [3.05, 3.63) is 59.9 Å². The van der Waals surface area contributed by atoms with Gasteiger partial charge in [0.2, 0.25) is 5.91 Å². The maximum Gasteiger partial charge on any atom is 0.224 e. The number of aromatic nitrogens is 2. The van der Waals surface area contributed by atoms with Crippen LogP contribution in [0.2, 0.25) is 0 Å². The van der Waals surface area contributed by atoms with E-state index in [2.05, 4.69) is 34.7 Å². The molecule has 23 heavy (non-hydrogen) atoms. The molecule has 0 aliphatic carbocycles. The van der Waals surface area contributed by atoms with Gasteiger partial charge in [0, 0.05) is 39.3 Å². The Morgan fingerprint density at radius 2 is 2.04 bits per heavy atom. The molecule has 1 amide bonds. The summed E-state index contributed by atoms with van der Waals surface area (Å²) in [7, 11) is 3.78. The first-order valence-electron chi connectivity index (χ1n) is 7.85. The molecule has 1 N–H and O–H groups in total. The van der Waals surface area contributed by atoms with Gasteiger partial charge in [-0.3, -0.25) is 9.48 Å². The van der Waals surface area contributed by atoms with E-state index in [1.165, 1.54) is 5.56 Å². The summed E-state index contributed by atoms with van der Waals surface area (Å²) < 4.78 is 1.84. The van der Waals surface area contributed by atoms with Crippen molar-refractivity contribution in [3.8, 4) is 0 Å². The van der Waals surface area contributed by atoms with Crippen LogP contribution in [-0.4, -0.2) is 40.2 Å². The number of likely N-dealkylation sites (tertiary alicyclic amines) is 1. The molecule has 5 nitrogen and oxygen atoms in total. The van der Waals surface area contributed by atoms with Crippen LogP contribution in [0.15, 0.2) is 48.7 Å². The molecular formula is C18H22N4O. The number of benzene rings is 1. The number of amides is 1. The second kappa shape index (κ2) is 6.79. The molecule has 5 heteroatoms. The minimum atomic E-state index is 0.0279. The summed E-state index contributed by atoms with van der Waals surface area (Å²) in [6.45, 7) is 0.731. The number of carbonyl (C=O) groups excluding carboxylic acids is 1. The summed E-state index contributed by atoms with van der Waals surface area (Å²) in [6.07, 6.45) is 6.48. The standard InChI is InChI=1S/C18H22N4O/c1-21-17(23)13-15(18(21)16-10-12-20-22(16)2)19-11-6-9-14-7-4-3-5-8-14/h3-10,12,15,18-19H,11,13H2,1-2H3/b9-6+/t15-,18-/m1/s1. The molecule has 2 atom stereocenters. The predicted octanol–water partition coefficient (Wildman–Crippen LogP) is 1.99. The molecular weight excluding hydrogens is 288 g/mol. The van der Waals surface area contributed by atoms with Crippen LogP contribution in [0.25, 0.3) is 6.08 Å². The number of nitrogens with one attached hydrogen (secondary N) is 1. The third-order valence-corrected chi connectivity index (χ3v) is 4.36. The first-order chi connectivity index (χ1) is 11.2. The van der Waals surface area contributed by atoms with E-state index in [1.54, 1.807) is 6.20 Å². The van der Waals surface area contributed by atoms with E-state index in [0.29, 0.717) is 6.42 Å². The van der Waals surface area contributed by atoms with Gasteiger partial charge in [0.25, 0.3) is 0 Å². The Bertz CT molecular complexity index is 692. The van der Waals surface area contributed by atoms with Gasteiger partial charge in [-0.2, -0.15) is 5.10 Å². The van der Waals surface area contributed by atoms with Gasteiger partial charge in [0.15, 0.2) is 0 Å². The number of hydrogen-bond donors (Lipinski definition) is 1. The largest absolute Gasteiger partial charge is 0.336 e. The van der Waals surface area contributed by atoms with E-state index in [1.807, 2.05) is 47.9 Å². The zero-order chi connectivity index (χ0) is 16.2. The fourth-order valence-electron chi connectivity index (χ4n) is 3.11. The van der Waals surface area contributed by atoms with Crippen LogP contribution >= 0.6 is 0 Å². The Morgan fingerprint density at radius 3 is 2.74 bits per heavy atom. The molecule has 2 heterocycles. The van der Waals surface area contributed by atoms with E-state index in [-0.39, 0.29) is 18.0 Å². The monoisotopic (exact) mass is 310 g/mol. The zero-order valence-electron chi connectivity index (χ0n) is 13.5. The highest BCUT2D eigenvalue weighted by Gasteiger charge is 2.39. The van der Waals surface area contributed by atoms with Crippen LogP contribution in [0.5, 0.6) is 0 Å². The number of aryl methyl sites for hydroxylation is 1. The van der Waals surface area contributed by atoms with E-state index >= 15 is 0 Å². The highest BCUT2D eigenvalue weighted by Crippen LogP contribution is 2.31. The molecule has 1 aliphatic rings. The topological polar surface area (TPSA) is 50.2 Å². The van der Waals surface area contributed by atoms with Crippen LogP contribution in [0.1, 0.15) is 23.7 Å². The highest BCUT2D eigenvalue weighted by atomic mass is 16.2. The van der Waals surface area contributed by atoms with Crippen LogP contribution in [0, 0.1) is 0 Å². The summed E-state index contributed by atoms with van der Waals surface area (Å²) in [6, 6.07) is 12.3. The molecule has 0 saturated carbocycles. The maximum atomic E-state index is 12.1. The summed E-state index contributed by atoms with van der Waals surface area (Å²) in [4.78, 5) is 13.9. The second-order valence-electron chi connectivity index (χ2n) is 5.86. The van der Waals surface area contributed by atoms with E-state index in [9.17, 15) is 4.79 Å². The average molecular weight is 310 g/mol. The fourth-order valence-corrected chi connectivity index (χ4v) is 3.11. The molecule has 1 aliphatic heterocycles. The Morgan fingerprint density at radius 1 is 1.26 bits per heavy atom. The average Bonchev–Trinajstić information content (AvgIpc) is 3.09.